The molecule has 0 atom stereocenters. The molecule has 1 N–H and O–H groups in total. The van der Waals surface area contributed by atoms with Crippen molar-refractivity contribution < 1.29 is 13.5 Å². The minimum atomic E-state index is -2.87. The molecule has 0 bridgehead atoms. The Morgan fingerprint density at radius 1 is 1.50 bits per heavy atom. The maximum absolute atomic E-state index is 12.0. The lowest BCUT2D eigenvalue weighted by atomic mass is 10.3. The van der Waals surface area contributed by atoms with Gasteiger partial charge >= 0.3 is 6.61 Å². The molecule has 0 saturated heterocycles. The van der Waals surface area contributed by atoms with E-state index in [0.717, 1.165) is 0 Å². The Bertz CT molecular complexity index is 517. The highest BCUT2D eigenvalue weighted by molar-refractivity contribution is 9.08. The molecule has 1 aromatic heterocycles. The molecule has 0 radical (unpaired) electrons. The van der Waals surface area contributed by atoms with E-state index in [9.17, 15) is 8.78 Å². The van der Waals surface area contributed by atoms with Gasteiger partial charge in [0, 0.05) is 12.1 Å². The van der Waals surface area contributed by atoms with Crippen LogP contribution >= 0.6 is 27.5 Å². The number of benzene rings is 1. The lowest BCUT2D eigenvalue weighted by molar-refractivity contribution is -0.0497. The number of aromatic nitrogens is 2. The second-order valence-electron chi connectivity index (χ2n) is 3.00. The summed E-state index contributed by atoms with van der Waals surface area (Å²) >= 11 is 9.12. The highest BCUT2D eigenvalue weighted by atomic mass is 79.9. The van der Waals surface area contributed by atoms with Crippen molar-refractivity contribution in [2.24, 2.45) is 0 Å². The molecule has 0 fully saturated rings. The summed E-state index contributed by atoms with van der Waals surface area (Å²) in [4.78, 5) is 7.11. The summed E-state index contributed by atoms with van der Waals surface area (Å²) < 4.78 is 28.3. The predicted octanol–water partition coefficient (Wildman–Crippen LogP) is 3.71. The zero-order valence-electron chi connectivity index (χ0n) is 7.81. The van der Waals surface area contributed by atoms with E-state index in [0.29, 0.717) is 22.2 Å². The highest BCUT2D eigenvalue weighted by Crippen LogP contribution is 2.28. The van der Waals surface area contributed by atoms with Gasteiger partial charge in [0.05, 0.1) is 15.9 Å². The number of aromatic amines is 1. The van der Waals surface area contributed by atoms with Crippen molar-refractivity contribution in [3.05, 3.63) is 23.0 Å². The molecular weight excluding hydrogens is 305 g/mol. The van der Waals surface area contributed by atoms with Crippen molar-refractivity contribution in [1.29, 1.82) is 0 Å². The van der Waals surface area contributed by atoms with Crippen molar-refractivity contribution in [3.8, 4) is 5.75 Å². The van der Waals surface area contributed by atoms with Crippen LogP contribution in [-0.2, 0) is 5.33 Å². The fourth-order valence-corrected chi connectivity index (χ4v) is 1.85. The lowest BCUT2D eigenvalue weighted by Gasteiger charge is -2.04. The first-order valence-electron chi connectivity index (χ1n) is 4.29. The molecule has 2 rings (SSSR count). The van der Waals surface area contributed by atoms with Crippen molar-refractivity contribution in [3.63, 3.8) is 0 Å². The molecule has 0 aliphatic heterocycles. The average molecular weight is 312 g/mol. The van der Waals surface area contributed by atoms with Gasteiger partial charge in [-0.3, -0.25) is 0 Å². The molecule has 1 aromatic carbocycles. The maximum atomic E-state index is 12.0. The number of rotatable bonds is 3. The largest absolute Gasteiger partial charge is 0.435 e. The summed E-state index contributed by atoms with van der Waals surface area (Å²) in [6.45, 7) is -2.87. The van der Waals surface area contributed by atoms with Crippen LogP contribution in [-0.4, -0.2) is 16.6 Å². The van der Waals surface area contributed by atoms with E-state index in [1.165, 1.54) is 12.1 Å². The van der Waals surface area contributed by atoms with Crippen LogP contribution in [0.15, 0.2) is 12.1 Å². The Balaban J connectivity index is 2.48. The second-order valence-corrected chi connectivity index (χ2v) is 3.96. The van der Waals surface area contributed by atoms with Crippen molar-refractivity contribution in [2.45, 2.75) is 11.9 Å². The first-order valence-corrected chi connectivity index (χ1v) is 5.79. The van der Waals surface area contributed by atoms with Gasteiger partial charge in [0.1, 0.15) is 17.1 Å². The number of imidazole rings is 1. The molecule has 2 aromatic rings. The number of alkyl halides is 3. The molecule has 0 aliphatic carbocycles. The SMILES string of the molecule is FC(F)Oc1cc(Cl)c2nc(CBr)[nH]c2c1. The van der Waals surface area contributed by atoms with E-state index in [1.54, 1.807) is 0 Å². The standard InChI is InChI=1S/C9H6BrClF2N2O/c10-3-7-14-6-2-4(16-9(12)13)1-5(11)8(6)15-7/h1-2,9H,3H2,(H,14,15). The third-order valence-corrected chi connectivity index (χ3v) is 2.73. The highest BCUT2D eigenvalue weighted by Gasteiger charge is 2.11. The van der Waals surface area contributed by atoms with E-state index in [1.807, 2.05) is 0 Å². The summed E-state index contributed by atoms with van der Waals surface area (Å²) in [7, 11) is 0. The quantitative estimate of drug-likeness (QED) is 0.877. The Hall–Kier alpha value is -0.880. The first-order chi connectivity index (χ1) is 7.60. The molecule has 0 saturated carbocycles. The number of hydrogen-bond acceptors (Lipinski definition) is 2. The molecule has 0 aliphatic rings. The number of halogens is 4. The molecule has 16 heavy (non-hydrogen) atoms. The summed E-state index contributed by atoms with van der Waals surface area (Å²) in [6, 6.07) is 2.75. The Morgan fingerprint density at radius 3 is 2.88 bits per heavy atom. The topological polar surface area (TPSA) is 37.9 Å². The fourth-order valence-electron chi connectivity index (χ4n) is 1.34. The van der Waals surface area contributed by atoms with E-state index in [2.05, 4.69) is 30.6 Å². The minimum absolute atomic E-state index is 0.0114. The van der Waals surface area contributed by atoms with Gasteiger partial charge in [0.25, 0.3) is 0 Å². The lowest BCUT2D eigenvalue weighted by Crippen LogP contribution is -2.01. The number of fused-ring (bicyclic) bond motifs is 1. The summed E-state index contributed by atoms with van der Waals surface area (Å²) in [5.74, 6) is 0.684. The number of hydrogen-bond donors (Lipinski definition) is 1. The van der Waals surface area contributed by atoms with Crippen molar-refractivity contribution in [2.75, 3.05) is 0 Å². The smallest absolute Gasteiger partial charge is 0.387 e. The van der Waals surface area contributed by atoms with Gasteiger partial charge in [0.15, 0.2) is 0 Å². The van der Waals surface area contributed by atoms with Gasteiger partial charge in [-0.2, -0.15) is 8.78 Å². The number of ether oxygens (including phenoxy) is 1. The molecule has 0 unspecified atom stereocenters. The number of H-pyrrole nitrogens is 1. The molecule has 86 valence electrons. The summed E-state index contributed by atoms with van der Waals surface area (Å²) in [5.41, 5.74) is 1.11. The fraction of sp³-hybridized carbons (Fsp3) is 0.222. The molecule has 0 amide bonds. The normalized spacial score (nSPS) is 11.3. The van der Waals surface area contributed by atoms with Crippen LogP contribution in [0.5, 0.6) is 5.75 Å². The molecule has 3 nitrogen and oxygen atoms in total. The zero-order valence-corrected chi connectivity index (χ0v) is 10.1. The second kappa shape index (κ2) is 4.55. The third kappa shape index (κ3) is 2.27. The van der Waals surface area contributed by atoms with Crippen LogP contribution in [0.3, 0.4) is 0 Å². The van der Waals surface area contributed by atoms with Crippen molar-refractivity contribution in [1.82, 2.24) is 9.97 Å². The Morgan fingerprint density at radius 2 is 2.25 bits per heavy atom. The summed E-state index contributed by atoms with van der Waals surface area (Å²) in [6.07, 6.45) is 0. The zero-order chi connectivity index (χ0) is 11.7. The molecule has 0 spiro atoms. The number of nitrogens with zero attached hydrogens (tertiary/aromatic N) is 1. The van der Waals surface area contributed by atoms with Crippen LogP contribution in [0.1, 0.15) is 5.82 Å². The van der Waals surface area contributed by atoms with Crippen LogP contribution < -0.4 is 4.74 Å². The average Bonchev–Trinajstić information content (AvgIpc) is 2.60. The van der Waals surface area contributed by atoms with Crippen LogP contribution in [0.2, 0.25) is 5.02 Å². The van der Waals surface area contributed by atoms with E-state index in [-0.39, 0.29) is 10.8 Å². The van der Waals surface area contributed by atoms with Crippen LogP contribution in [0.25, 0.3) is 11.0 Å². The van der Waals surface area contributed by atoms with E-state index < -0.39 is 6.61 Å². The first kappa shape index (κ1) is 11.6. The van der Waals surface area contributed by atoms with Crippen LogP contribution in [0, 0.1) is 0 Å². The van der Waals surface area contributed by atoms with Gasteiger partial charge in [-0.1, -0.05) is 27.5 Å². The van der Waals surface area contributed by atoms with Gasteiger partial charge in [-0.15, -0.1) is 0 Å². The molecular formula is C9H6BrClF2N2O. The van der Waals surface area contributed by atoms with Crippen LogP contribution in [0.4, 0.5) is 8.78 Å². The monoisotopic (exact) mass is 310 g/mol. The molecule has 1 heterocycles. The third-order valence-electron chi connectivity index (χ3n) is 1.91. The Labute approximate surface area is 103 Å². The van der Waals surface area contributed by atoms with E-state index in [4.69, 9.17) is 11.6 Å². The van der Waals surface area contributed by atoms with Gasteiger partial charge in [0.2, 0.25) is 0 Å². The van der Waals surface area contributed by atoms with Gasteiger partial charge in [-0.25, -0.2) is 4.98 Å². The number of nitrogens with one attached hydrogen (secondary N) is 1. The van der Waals surface area contributed by atoms with Crippen molar-refractivity contribution >= 4 is 38.6 Å². The van der Waals surface area contributed by atoms with Gasteiger partial charge < -0.3 is 9.72 Å². The maximum Gasteiger partial charge on any atom is 0.387 e. The Kier molecular flexibility index (Phi) is 3.30. The van der Waals surface area contributed by atoms with E-state index >= 15 is 0 Å². The predicted molar refractivity (Wildman–Crippen MR) is 60.4 cm³/mol. The molecule has 7 heteroatoms. The summed E-state index contributed by atoms with van der Waals surface area (Å²) in [5, 5.41) is 0.805. The van der Waals surface area contributed by atoms with Gasteiger partial charge in [-0.05, 0) is 0 Å². The minimum Gasteiger partial charge on any atom is -0.435 e.